The summed E-state index contributed by atoms with van der Waals surface area (Å²) in [6, 6.07) is 3.08. The third kappa shape index (κ3) is 1.48. The molecule has 8 nitrogen and oxygen atoms in total. The normalized spacial score (nSPS) is 11.3. The summed E-state index contributed by atoms with van der Waals surface area (Å²) in [5.41, 5.74) is -0.695. The van der Waals surface area contributed by atoms with Crippen LogP contribution in [0, 0.1) is 24.3 Å². The lowest BCUT2D eigenvalue weighted by molar-refractivity contribution is -0.593. The summed E-state index contributed by atoms with van der Waals surface area (Å²) in [6.07, 6.45) is 0. The number of fused-ring (bicyclic) bond motifs is 2. The minimum Gasteiger partial charge on any atom is -0.710 e. The maximum atomic E-state index is 12.3. The number of hydrogen-bond acceptors (Lipinski definition) is 4. The van der Waals surface area contributed by atoms with Crippen molar-refractivity contribution in [1.29, 1.82) is 0 Å². The van der Waals surface area contributed by atoms with E-state index in [1.165, 1.54) is 6.07 Å². The number of nitrogens with one attached hydrogen (secondary N) is 2. The molecule has 0 aliphatic carbocycles. The topological polar surface area (TPSA) is 120 Å². The Hall–Kier alpha value is -2.90. The summed E-state index contributed by atoms with van der Waals surface area (Å²) in [5.74, 6) is 0. The maximum Gasteiger partial charge on any atom is 0.413 e. The third-order valence-corrected chi connectivity index (χ3v) is 3.33. The van der Waals surface area contributed by atoms with Crippen molar-refractivity contribution in [3.63, 3.8) is 0 Å². The van der Waals surface area contributed by atoms with Crippen molar-refractivity contribution in [2.75, 3.05) is 0 Å². The number of aromatic amines is 2. The molecule has 0 radical (unpaired) electrons. The van der Waals surface area contributed by atoms with Gasteiger partial charge in [0.2, 0.25) is 5.52 Å². The van der Waals surface area contributed by atoms with Crippen LogP contribution >= 0.6 is 0 Å². The summed E-state index contributed by atoms with van der Waals surface area (Å²) in [5, 5.41) is 24.5. The molecule has 0 aliphatic rings. The first-order valence-electron chi connectivity index (χ1n) is 5.82. The maximum absolute atomic E-state index is 12.3. The molecule has 0 saturated heterocycles. The van der Waals surface area contributed by atoms with E-state index in [0.29, 0.717) is 9.46 Å². The van der Waals surface area contributed by atoms with Crippen LogP contribution in [0.2, 0.25) is 0 Å². The van der Waals surface area contributed by atoms with Crippen molar-refractivity contribution in [1.82, 2.24) is 9.97 Å². The molecule has 0 unspecified atom stereocenters. The van der Waals surface area contributed by atoms with Crippen LogP contribution in [0.5, 0.6) is 0 Å². The Bertz CT molecular complexity index is 987. The van der Waals surface area contributed by atoms with Crippen LogP contribution in [-0.4, -0.2) is 9.97 Å². The van der Waals surface area contributed by atoms with Gasteiger partial charge >= 0.3 is 22.4 Å². The van der Waals surface area contributed by atoms with Crippen LogP contribution in [0.1, 0.15) is 11.1 Å². The summed E-state index contributed by atoms with van der Waals surface area (Å²) in [7, 11) is 0. The average molecular weight is 274 g/mol. The largest absolute Gasteiger partial charge is 0.710 e. The van der Waals surface area contributed by atoms with Gasteiger partial charge in [0.05, 0.1) is 0 Å². The smallest absolute Gasteiger partial charge is 0.413 e. The molecule has 0 saturated carbocycles. The minimum atomic E-state index is -0.900. The standard InChI is InChI=1S/C12H10N4O4/c1-5-3-7-8(4-6(5)2)16(20)10-9(15(7)19)11(17)14-12(18)13-10/h3-4H,1-2H3,(H2,13,14,17,18). The highest BCUT2D eigenvalue weighted by atomic mass is 16.5. The number of aryl methyl sites for hydroxylation is 2. The van der Waals surface area contributed by atoms with Gasteiger partial charge in [-0.3, -0.25) is 4.79 Å². The summed E-state index contributed by atoms with van der Waals surface area (Å²) in [6.45, 7) is 3.60. The molecule has 0 amide bonds. The monoisotopic (exact) mass is 274 g/mol. The highest BCUT2D eigenvalue weighted by Gasteiger charge is 2.24. The summed E-state index contributed by atoms with van der Waals surface area (Å²) in [4.78, 5) is 27.1. The highest BCUT2D eigenvalue weighted by Crippen LogP contribution is 2.14. The first-order chi connectivity index (χ1) is 9.40. The van der Waals surface area contributed by atoms with Crippen LogP contribution in [0.25, 0.3) is 22.2 Å². The average Bonchev–Trinajstić information content (AvgIpc) is 2.37. The number of hydrogen-bond donors (Lipinski definition) is 2. The Morgan fingerprint density at radius 3 is 2.10 bits per heavy atom. The van der Waals surface area contributed by atoms with E-state index in [0.717, 1.165) is 11.1 Å². The molecule has 3 rings (SSSR count). The second-order valence-electron chi connectivity index (χ2n) is 4.62. The first-order valence-corrected chi connectivity index (χ1v) is 5.82. The van der Waals surface area contributed by atoms with E-state index in [9.17, 15) is 20.0 Å². The van der Waals surface area contributed by atoms with Gasteiger partial charge < -0.3 is 10.4 Å². The molecule has 0 fully saturated rings. The van der Waals surface area contributed by atoms with Crippen LogP contribution in [0.3, 0.4) is 0 Å². The second kappa shape index (κ2) is 3.80. The molecule has 102 valence electrons. The van der Waals surface area contributed by atoms with E-state index in [-0.39, 0.29) is 16.7 Å². The molecule has 0 spiro atoms. The van der Waals surface area contributed by atoms with E-state index in [2.05, 4.69) is 4.98 Å². The van der Waals surface area contributed by atoms with Gasteiger partial charge in [-0.15, -0.1) is 4.73 Å². The molecular weight excluding hydrogens is 264 g/mol. The predicted octanol–water partition coefficient (Wildman–Crippen LogP) is -0.747. The Labute approximate surface area is 111 Å². The number of H-pyrrole nitrogens is 2. The Morgan fingerprint density at radius 2 is 1.50 bits per heavy atom. The van der Waals surface area contributed by atoms with Crippen molar-refractivity contribution in [2.45, 2.75) is 13.8 Å². The number of rotatable bonds is 0. The number of aromatic nitrogens is 4. The molecule has 8 heteroatoms. The molecule has 2 N–H and O–H groups in total. The molecule has 2 aromatic heterocycles. The van der Waals surface area contributed by atoms with Gasteiger partial charge in [-0.1, -0.05) is 0 Å². The van der Waals surface area contributed by atoms with Crippen LogP contribution in [0.15, 0.2) is 21.7 Å². The Balaban J connectivity index is 2.72. The fraction of sp³-hybridized carbons (Fsp3) is 0.167. The highest BCUT2D eigenvalue weighted by molar-refractivity contribution is 5.75. The van der Waals surface area contributed by atoms with Crippen molar-refractivity contribution in [3.05, 3.63) is 54.5 Å². The van der Waals surface area contributed by atoms with Crippen LogP contribution in [-0.2, 0) is 0 Å². The zero-order valence-corrected chi connectivity index (χ0v) is 10.7. The summed E-state index contributed by atoms with van der Waals surface area (Å²) < 4.78 is 0.752. The van der Waals surface area contributed by atoms with E-state index in [1.54, 1.807) is 19.9 Å². The molecular formula is C12H10N4O4. The molecule has 1 aromatic carbocycles. The van der Waals surface area contributed by atoms with Gasteiger partial charge in [-0.25, -0.2) is 14.5 Å². The predicted molar refractivity (Wildman–Crippen MR) is 70.1 cm³/mol. The van der Waals surface area contributed by atoms with Crippen LogP contribution in [0.4, 0.5) is 0 Å². The van der Waals surface area contributed by atoms with Gasteiger partial charge in [0, 0.05) is 6.07 Å². The van der Waals surface area contributed by atoms with E-state index >= 15 is 0 Å². The fourth-order valence-electron chi connectivity index (χ4n) is 2.16. The van der Waals surface area contributed by atoms with Crippen molar-refractivity contribution < 1.29 is 9.46 Å². The Kier molecular flexibility index (Phi) is 2.31. The van der Waals surface area contributed by atoms with E-state index in [1.807, 2.05) is 4.98 Å². The Morgan fingerprint density at radius 1 is 0.950 bits per heavy atom. The van der Waals surface area contributed by atoms with Crippen molar-refractivity contribution >= 4 is 22.2 Å². The number of benzene rings is 1. The molecule has 3 aromatic rings. The number of nitrogens with zero attached hydrogens (tertiary/aromatic N) is 2. The fourth-order valence-corrected chi connectivity index (χ4v) is 2.16. The third-order valence-electron chi connectivity index (χ3n) is 3.33. The lowest BCUT2D eigenvalue weighted by Crippen LogP contribution is -2.45. The second-order valence-corrected chi connectivity index (χ2v) is 4.62. The van der Waals surface area contributed by atoms with Crippen molar-refractivity contribution in [3.8, 4) is 0 Å². The van der Waals surface area contributed by atoms with Gasteiger partial charge in [-0.2, -0.15) is 4.98 Å². The SMILES string of the molecule is Cc1cc2c(cc1C)[n+]([O-])c1c(=O)[nH]c(=O)[nH]c1[n+]2[O-]. The molecule has 0 bridgehead atoms. The van der Waals surface area contributed by atoms with E-state index < -0.39 is 16.8 Å². The van der Waals surface area contributed by atoms with Gasteiger partial charge in [0.25, 0.3) is 5.52 Å². The minimum absolute atomic E-state index is 0.0770. The quantitative estimate of drug-likeness (QED) is 0.318. The lowest BCUT2D eigenvalue weighted by Gasteiger charge is -2.11. The zero-order chi connectivity index (χ0) is 14.6. The van der Waals surface area contributed by atoms with Gasteiger partial charge in [0.1, 0.15) is 0 Å². The molecule has 20 heavy (non-hydrogen) atoms. The summed E-state index contributed by atoms with van der Waals surface area (Å²) >= 11 is 0. The van der Waals surface area contributed by atoms with Gasteiger partial charge in [0.15, 0.2) is 0 Å². The van der Waals surface area contributed by atoms with Gasteiger partial charge in [-0.05, 0) is 31.0 Å². The van der Waals surface area contributed by atoms with E-state index in [4.69, 9.17) is 0 Å². The van der Waals surface area contributed by atoms with Crippen molar-refractivity contribution in [2.24, 2.45) is 0 Å². The zero-order valence-electron chi connectivity index (χ0n) is 10.7. The lowest BCUT2D eigenvalue weighted by atomic mass is 10.1. The molecule has 0 atom stereocenters. The van der Waals surface area contributed by atoms with Crippen LogP contribution < -0.4 is 20.7 Å². The molecule has 0 aliphatic heterocycles. The first kappa shape index (κ1) is 12.2. The molecule has 2 heterocycles.